The lowest BCUT2D eigenvalue weighted by atomic mass is 10.0. The summed E-state index contributed by atoms with van der Waals surface area (Å²) >= 11 is 0. The molecule has 2 aliphatic heterocycles. The highest BCUT2D eigenvalue weighted by molar-refractivity contribution is 5.64. The number of ether oxygens (including phenoxy) is 4. The molecule has 2 fully saturated rings. The zero-order valence-corrected chi connectivity index (χ0v) is 20.9. The molecule has 2 aliphatic rings. The van der Waals surface area contributed by atoms with Crippen LogP contribution in [0.5, 0.6) is 5.75 Å². The maximum Gasteiger partial charge on any atom is 0.282 e. The Kier molecular flexibility index (Phi) is 10.0. The molecule has 2 heterocycles. The van der Waals surface area contributed by atoms with E-state index >= 15 is 0 Å². The van der Waals surface area contributed by atoms with Crippen molar-refractivity contribution >= 4 is 0 Å². The molecule has 2 saturated heterocycles. The highest BCUT2D eigenvalue weighted by Gasteiger charge is 2.41. The third kappa shape index (κ3) is 8.07. The summed E-state index contributed by atoms with van der Waals surface area (Å²) in [6, 6.07) is 18.0. The van der Waals surface area contributed by atoms with Crippen LogP contribution in [0.15, 0.2) is 48.5 Å². The van der Waals surface area contributed by atoms with Crippen LogP contribution < -0.4 is 4.74 Å². The molecule has 5 heteroatoms. The number of hydrogen-bond donors (Lipinski definition) is 0. The Labute approximate surface area is 210 Å². The fraction of sp³-hybridized carbons (Fsp3) is 0.567. The van der Waals surface area contributed by atoms with E-state index in [0.717, 1.165) is 62.6 Å². The van der Waals surface area contributed by atoms with Gasteiger partial charge in [0.15, 0.2) is 0 Å². The second-order valence-electron chi connectivity index (χ2n) is 9.80. The molecule has 1 spiro atoms. The summed E-state index contributed by atoms with van der Waals surface area (Å²) in [5, 5.41) is 8.92. The Morgan fingerprint density at radius 3 is 1.97 bits per heavy atom. The Bertz CT molecular complexity index is 903. The van der Waals surface area contributed by atoms with Gasteiger partial charge in [0.2, 0.25) is 0 Å². The molecule has 2 aromatic carbocycles. The van der Waals surface area contributed by atoms with Gasteiger partial charge in [-0.2, -0.15) is 5.26 Å². The van der Waals surface area contributed by atoms with Crippen LogP contribution in [-0.2, 0) is 14.2 Å². The molecule has 0 amide bonds. The van der Waals surface area contributed by atoms with E-state index in [-0.39, 0.29) is 0 Å². The molecule has 0 aromatic heterocycles. The first-order valence-corrected chi connectivity index (χ1v) is 13.4. The molecule has 2 aromatic rings. The molecule has 35 heavy (non-hydrogen) atoms. The average Bonchev–Trinajstić information content (AvgIpc) is 3.37. The van der Waals surface area contributed by atoms with E-state index in [4.69, 9.17) is 24.2 Å². The molecule has 0 aliphatic carbocycles. The number of rotatable bonds is 13. The third-order valence-electron chi connectivity index (χ3n) is 7.00. The summed E-state index contributed by atoms with van der Waals surface area (Å²) in [7, 11) is 0. The summed E-state index contributed by atoms with van der Waals surface area (Å²) in [5.74, 6) is 0.748. The van der Waals surface area contributed by atoms with Crippen LogP contribution in [-0.4, -0.2) is 32.4 Å². The fourth-order valence-corrected chi connectivity index (χ4v) is 4.83. The molecule has 0 unspecified atom stereocenters. The van der Waals surface area contributed by atoms with Crippen molar-refractivity contribution in [1.82, 2.24) is 0 Å². The van der Waals surface area contributed by atoms with Crippen molar-refractivity contribution in [3.05, 3.63) is 54.1 Å². The minimum absolute atomic E-state index is 0.525. The topological polar surface area (TPSA) is 60.7 Å². The number of unbranched alkanes of at least 4 members (excludes halogenated alkanes) is 7. The number of nitriles is 1. The maximum atomic E-state index is 8.92. The Balaban J connectivity index is 0.967. The summed E-state index contributed by atoms with van der Waals surface area (Å²) in [6.07, 6.45) is 13.3. The molecule has 0 radical (unpaired) electrons. The van der Waals surface area contributed by atoms with Gasteiger partial charge in [0.25, 0.3) is 5.97 Å². The molecule has 188 valence electrons. The van der Waals surface area contributed by atoms with Gasteiger partial charge in [-0.25, -0.2) is 0 Å². The van der Waals surface area contributed by atoms with E-state index in [9.17, 15) is 0 Å². The van der Waals surface area contributed by atoms with Gasteiger partial charge in [-0.3, -0.25) is 0 Å². The Morgan fingerprint density at radius 2 is 1.37 bits per heavy atom. The van der Waals surface area contributed by atoms with Crippen molar-refractivity contribution in [1.29, 1.82) is 5.26 Å². The van der Waals surface area contributed by atoms with Crippen molar-refractivity contribution < 1.29 is 18.9 Å². The molecule has 0 bridgehead atoms. The van der Waals surface area contributed by atoms with Crippen molar-refractivity contribution in [3.63, 3.8) is 0 Å². The first-order chi connectivity index (χ1) is 17.3. The van der Waals surface area contributed by atoms with Gasteiger partial charge in [0, 0.05) is 12.3 Å². The summed E-state index contributed by atoms with van der Waals surface area (Å²) in [4.78, 5) is 0. The van der Waals surface area contributed by atoms with Gasteiger partial charge >= 0.3 is 0 Å². The van der Waals surface area contributed by atoms with E-state index in [2.05, 4.69) is 18.2 Å². The van der Waals surface area contributed by atoms with E-state index in [1.165, 1.54) is 51.4 Å². The first-order valence-electron chi connectivity index (χ1n) is 13.4. The summed E-state index contributed by atoms with van der Waals surface area (Å²) in [5.41, 5.74) is 2.93. The van der Waals surface area contributed by atoms with Gasteiger partial charge in [0.05, 0.1) is 38.1 Å². The van der Waals surface area contributed by atoms with Crippen LogP contribution in [0.4, 0.5) is 0 Å². The lowest BCUT2D eigenvalue weighted by Crippen LogP contribution is -2.43. The van der Waals surface area contributed by atoms with E-state index in [1.807, 2.05) is 36.4 Å². The minimum atomic E-state index is -0.695. The van der Waals surface area contributed by atoms with Crippen molar-refractivity contribution in [3.8, 4) is 22.9 Å². The van der Waals surface area contributed by atoms with Gasteiger partial charge in [-0.05, 0) is 54.7 Å². The van der Waals surface area contributed by atoms with Crippen molar-refractivity contribution in [2.75, 3.05) is 26.4 Å². The zero-order chi connectivity index (χ0) is 24.2. The predicted octanol–water partition coefficient (Wildman–Crippen LogP) is 7.24. The molecular formula is C30H39NO4. The highest BCUT2D eigenvalue weighted by atomic mass is 16.9. The summed E-state index contributed by atoms with van der Waals surface area (Å²) < 4.78 is 23.3. The largest absolute Gasteiger partial charge is 0.494 e. The fourth-order valence-electron chi connectivity index (χ4n) is 4.83. The second-order valence-corrected chi connectivity index (χ2v) is 9.80. The third-order valence-corrected chi connectivity index (χ3v) is 7.00. The lowest BCUT2D eigenvalue weighted by Gasteiger charge is -2.36. The van der Waals surface area contributed by atoms with Crippen molar-refractivity contribution in [2.45, 2.75) is 76.6 Å². The first kappa shape index (κ1) is 25.7. The molecular weight excluding hydrogens is 438 g/mol. The van der Waals surface area contributed by atoms with Crippen LogP contribution in [0, 0.1) is 17.2 Å². The van der Waals surface area contributed by atoms with Gasteiger partial charge in [0.1, 0.15) is 5.75 Å². The SMILES string of the molecule is N#Cc1ccc(-c2ccc(OCCCCCCCCCCC3COC4(CCCO4)OC3)cc2)cc1. The van der Waals surface area contributed by atoms with E-state index < -0.39 is 5.97 Å². The van der Waals surface area contributed by atoms with E-state index in [0.29, 0.717) is 11.5 Å². The molecule has 4 rings (SSSR count). The van der Waals surface area contributed by atoms with Crippen LogP contribution in [0.2, 0.25) is 0 Å². The van der Waals surface area contributed by atoms with Crippen LogP contribution in [0.25, 0.3) is 11.1 Å². The Morgan fingerprint density at radius 1 is 0.771 bits per heavy atom. The molecule has 0 saturated carbocycles. The molecule has 5 nitrogen and oxygen atoms in total. The standard InChI is InChI=1S/C30H39NO4/c31-22-25-11-13-27(14-12-25)28-15-17-29(18-16-28)32-20-8-6-4-2-1-3-5-7-10-26-23-34-30(35-24-26)19-9-21-33-30/h11-18,26H,1-10,19-21,23-24H2. The second kappa shape index (κ2) is 13.6. The minimum Gasteiger partial charge on any atom is -0.494 e. The maximum absolute atomic E-state index is 8.92. The number of nitrogens with zero attached hydrogens (tertiary/aromatic N) is 1. The van der Waals surface area contributed by atoms with Gasteiger partial charge in [-0.1, -0.05) is 69.2 Å². The number of hydrogen-bond acceptors (Lipinski definition) is 5. The predicted molar refractivity (Wildman–Crippen MR) is 137 cm³/mol. The Hall–Kier alpha value is -2.39. The van der Waals surface area contributed by atoms with Gasteiger partial charge < -0.3 is 18.9 Å². The van der Waals surface area contributed by atoms with Crippen LogP contribution in [0.3, 0.4) is 0 Å². The highest BCUT2D eigenvalue weighted by Crippen LogP contribution is 2.33. The molecule has 0 atom stereocenters. The summed E-state index contributed by atoms with van der Waals surface area (Å²) in [6.45, 7) is 3.09. The average molecular weight is 478 g/mol. The quantitative estimate of drug-likeness (QED) is 0.285. The van der Waals surface area contributed by atoms with Gasteiger partial charge in [-0.15, -0.1) is 0 Å². The van der Waals surface area contributed by atoms with Crippen LogP contribution >= 0.6 is 0 Å². The monoisotopic (exact) mass is 477 g/mol. The smallest absolute Gasteiger partial charge is 0.282 e. The zero-order valence-electron chi connectivity index (χ0n) is 20.9. The lowest BCUT2D eigenvalue weighted by molar-refractivity contribution is -0.390. The van der Waals surface area contributed by atoms with E-state index in [1.54, 1.807) is 0 Å². The number of benzene rings is 2. The normalized spacial score (nSPS) is 21.7. The van der Waals surface area contributed by atoms with Crippen LogP contribution in [0.1, 0.15) is 76.2 Å². The molecule has 0 N–H and O–H groups in total. The van der Waals surface area contributed by atoms with Crippen molar-refractivity contribution in [2.24, 2.45) is 5.92 Å².